The number of nitrogens with one attached hydrogen (secondary N) is 1. The van der Waals surface area contributed by atoms with E-state index in [4.69, 9.17) is 4.74 Å². The summed E-state index contributed by atoms with van der Waals surface area (Å²) in [6.07, 6.45) is 1.67. The Kier molecular flexibility index (Phi) is 8.57. The Labute approximate surface area is 86.0 Å². The molecule has 4 nitrogen and oxygen atoms in total. The summed E-state index contributed by atoms with van der Waals surface area (Å²) in [7, 11) is 1.40. The van der Waals surface area contributed by atoms with Crippen molar-refractivity contribution in [3.8, 4) is 0 Å². The third-order valence-corrected chi connectivity index (χ3v) is 1.84. The minimum atomic E-state index is -0.234. The van der Waals surface area contributed by atoms with Crippen molar-refractivity contribution in [1.29, 1.82) is 0 Å². The normalized spacial score (nSPS) is 12.5. The van der Waals surface area contributed by atoms with Gasteiger partial charge in [-0.3, -0.25) is 4.79 Å². The van der Waals surface area contributed by atoms with Gasteiger partial charge in [-0.2, -0.15) is 0 Å². The summed E-state index contributed by atoms with van der Waals surface area (Å²) >= 11 is 0. The summed E-state index contributed by atoms with van der Waals surface area (Å²) in [6, 6.07) is -0.234. The molecule has 0 radical (unpaired) electrons. The molecule has 0 aliphatic rings. The van der Waals surface area contributed by atoms with E-state index in [-0.39, 0.29) is 12.0 Å². The van der Waals surface area contributed by atoms with Crippen LogP contribution in [0.25, 0.3) is 0 Å². The van der Waals surface area contributed by atoms with E-state index in [9.17, 15) is 4.79 Å². The van der Waals surface area contributed by atoms with Crippen molar-refractivity contribution in [2.24, 2.45) is 0 Å². The van der Waals surface area contributed by atoms with E-state index in [0.29, 0.717) is 13.0 Å². The smallest absolute Gasteiger partial charge is 0.322 e. The van der Waals surface area contributed by atoms with Crippen LogP contribution >= 0.6 is 0 Å². The minimum absolute atomic E-state index is 0.216. The lowest BCUT2D eigenvalue weighted by Crippen LogP contribution is -2.38. The first kappa shape index (κ1) is 13.4. The molecule has 14 heavy (non-hydrogen) atoms. The Bertz CT molecular complexity index is 150. The Morgan fingerprint density at radius 3 is 2.57 bits per heavy atom. The summed E-state index contributed by atoms with van der Waals surface area (Å²) in [5.41, 5.74) is 0. The van der Waals surface area contributed by atoms with Gasteiger partial charge in [-0.25, -0.2) is 0 Å². The average molecular weight is 203 g/mol. The molecule has 0 amide bonds. The number of ether oxygens (including phenoxy) is 2. The number of hydrogen-bond acceptors (Lipinski definition) is 4. The highest BCUT2D eigenvalue weighted by Gasteiger charge is 2.16. The molecule has 0 fully saturated rings. The molecule has 84 valence electrons. The lowest BCUT2D eigenvalue weighted by atomic mass is 10.2. The molecule has 0 saturated carbocycles. The van der Waals surface area contributed by atoms with Crippen molar-refractivity contribution in [2.75, 3.05) is 26.9 Å². The molecule has 0 aromatic heterocycles. The lowest BCUT2D eigenvalue weighted by molar-refractivity contribution is -0.143. The Morgan fingerprint density at radius 2 is 2.07 bits per heavy atom. The van der Waals surface area contributed by atoms with Gasteiger partial charge < -0.3 is 14.8 Å². The van der Waals surface area contributed by atoms with Crippen LogP contribution in [0, 0.1) is 0 Å². The number of esters is 1. The molecule has 0 rings (SSSR count). The zero-order valence-corrected chi connectivity index (χ0v) is 9.34. The highest BCUT2D eigenvalue weighted by atomic mass is 16.5. The molecule has 1 N–H and O–H groups in total. The molecular formula is C10H21NO3. The van der Waals surface area contributed by atoms with Crippen LogP contribution in [-0.2, 0) is 14.3 Å². The fourth-order valence-corrected chi connectivity index (χ4v) is 1.14. The molecule has 0 aliphatic heterocycles. The van der Waals surface area contributed by atoms with Gasteiger partial charge in [0.1, 0.15) is 6.04 Å². The van der Waals surface area contributed by atoms with Crippen LogP contribution in [0.3, 0.4) is 0 Å². The van der Waals surface area contributed by atoms with Crippen molar-refractivity contribution in [1.82, 2.24) is 5.32 Å². The fourth-order valence-electron chi connectivity index (χ4n) is 1.14. The second-order valence-electron chi connectivity index (χ2n) is 3.03. The summed E-state index contributed by atoms with van der Waals surface area (Å²) in [4.78, 5) is 11.2. The maximum absolute atomic E-state index is 11.2. The molecule has 0 aromatic carbocycles. The number of carbonyl (C=O) groups excluding carboxylic acids is 1. The molecule has 1 unspecified atom stereocenters. The summed E-state index contributed by atoms with van der Waals surface area (Å²) in [5, 5.41) is 3.06. The average Bonchev–Trinajstić information content (AvgIpc) is 2.21. The Morgan fingerprint density at radius 1 is 1.36 bits per heavy atom. The highest BCUT2D eigenvalue weighted by Crippen LogP contribution is 1.96. The molecule has 0 aliphatic carbocycles. The number of rotatable bonds is 8. The number of likely N-dealkylation sites (N-methyl/N-ethyl adjacent to an activating group) is 1. The second kappa shape index (κ2) is 8.97. The predicted octanol–water partition coefficient (Wildman–Crippen LogP) is 0.954. The summed E-state index contributed by atoms with van der Waals surface area (Å²) in [6.45, 7) is 6.12. The van der Waals surface area contributed by atoms with Gasteiger partial charge in [-0.05, 0) is 19.4 Å². The number of hydrogen-bond donors (Lipinski definition) is 1. The topological polar surface area (TPSA) is 47.6 Å². The van der Waals surface area contributed by atoms with Crippen LogP contribution in [0.5, 0.6) is 0 Å². The monoisotopic (exact) mass is 203 g/mol. The van der Waals surface area contributed by atoms with Gasteiger partial charge in [0, 0.05) is 13.2 Å². The minimum Gasteiger partial charge on any atom is -0.468 e. The van der Waals surface area contributed by atoms with Crippen LogP contribution in [-0.4, -0.2) is 38.9 Å². The van der Waals surface area contributed by atoms with Gasteiger partial charge in [-0.15, -0.1) is 0 Å². The molecule has 0 saturated heterocycles. The molecule has 0 aromatic rings. The predicted molar refractivity (Wildman–Crippen MR) is 55.2 cm³/mol. The number of carbonyl (C=O) groups is 1. The van der Waals surface area contributed by atoms with Crippen LogP contribution < -0.4 is 5.32 Å². The van der Waals surface area contributed by atoms with Gasteiger partial charge in [0.15, 0.2) is 0 Å². The van der Waals surface area contributed by atoms with Gasteiger partial charge in [0.25, 0.3) is 0 Å². The quantitative estimate of drug-likeness (QED) is 0.471. The highest BCUT2D eigenvalue weighted by molar-refractivity contribution is 5.75. The van der Waals surface area contributed by atoms with Crippen molar-refractivity contribution in [3.05, 3.63) is 0 Å². The summed E-state index contributed by atoms with van der Waals surface area (Å²) in [5.74, 6) is -0.216. The van der Waals surface area contributed by atoms with E-state index < -0.39 is 0 Å². The van der Waals surface area contributed by atoms with Crippen molar-refractivity contribution < 1.29 is 14.3 Å². The van der Waals surface area contributed by atoms with Crippen molar-refractivity contribution in [2.45, 2.75) is 32.7 Å². The molecule has 0 bridgehead atoms. The maximum Gasteiger partial charge on any atom is 0.322 e. The van der Waals surface area contributed by atoms with Gasteiger partial charge in [-0.1, -0.05) is 13.8 Å². The first-order chi connectivity index (χ1) is 6.76. The van der Waals surface area contributed by atoms with E-state index in [2.05, 4.69) is 17.0 Å². The molecule has 1 atom stereocenters. The van der Waals surface area contributed by atoms with E-state index in [1.807, 2.05) is 6.92 Å². The van der Waals surface area contributed by atoms with Gasteiger partial charge >= 0.3 is 5.97 Å². The molecule has 0 spiro atoms. The Balaban J connectivity index is 3.67. The van der Waals surface area contributed by atoms with Crippen molar-refractivity contribution in [3.63, 3.8) is 0 Å². The largest absolute Gasteiger partial charge is 0.468 e. The van der Waals surface area contributed by atoms with Crippen molar-refractivity contribution >= 4 is 5.97 Å². The third kappa shape index (κ3) is 5.94. The van der Waals surface area contributed by atoms with E-state index >= 15 is 0 Å². The zero-order chi connectivity index (χ0) is 10.8. The maximum atomic E-state index is 11.2. The van der Waals surface area contributed by atoms with Crippen LogP contribution in [0.1, 0.15) is 26.7 Å². The second-order valence-corrected chi connectivity index (χ2v) is 3.03. The SMILES string of the molecule is CCCOCCC(NCC)C(=O)OC. The standard InChI is InChI=1S/C10H21NO3/c1-4-7-14-8-6-9(11-5-2)10(12)13-3/h9,11H,4-8H2,1-3H3. The molecule has 4 heteroatoms. The van der Waals surface area contributed by atoms with E-state index in [0.717, 1.165) is 19.6 Å². The third-order valence-electron chi connectivity index (χ3n) is 1.84. The van der Waals surface area contributed by atoms with Crippen LogP contribution in [0.15, 0.2) is 0 Å². The van der Waals surface area contributed by atoms with Gasteiger partial charge in [0.2, 0.25) is 0 Å². The molecular weight excluding hydrogens is 182 g/mol. The first-order valence-electron chi connectivity index (χ1n) is 5.15. The fraction of sp³-hybridized carbons (Fsp3) is 0.900. The van der Waals surface area contributed by atoms with Gasteiger partial charge in [0.05, 0.1) is 7.11 Å². The Hall–Kier alpha value is -0.610. The molecule has 0 heterocycles. The number of methoxy groups -OCH3 is 1. The lowest BCUT2D eigenvalue weighted by Gasteiger charge is -2.14. The van der Waals surface area contributed by atoms with E-state index in [1.165, 1.54) is 7.11 Å². The summed E-state index contributed by atoms with van der Waals surface area (Å²) < 4.78 is 9.97. The van der Waals surface area contributed by atoms with Crippen LogP contribution in [0.2, 0.25) is 0 Å². The van der Waals surface area contributed by atoms with E-state index in [1.54, 1.807) is 0 Å². The van der Waals surface area contributed by atoms with Crippen LogP contribution in [0.4, 0.5) is 0 Å². The first-order valence-corrected chi connectivity index (χ1v) is 5.15. The zero-order valence-electron chi connectivity index (χ0n) is 9.34.